The molecule has 1 fully saturated rings. The fourth-order valence-electron chi connectivity index (χ4n) is 2.09. The molecule has 0 spiro atoms. The summed E-state index contributed by atoms with van der Waals surface area (Å²) >= 11 is 0. The first kappa shape index (κ1) is 12.5. The second-order valence-electron chi connectivity index (χ2n) is 4.68. The lowest BCUT2D eigenvalue weighted by molar-refractivity contribution is -0.0615. The van der Waals surface area contributed by atoms with Gasteiger partial charge >= 0.3 is 0 Å². The molecule has 0 atom stereocenters. The van der Waals surface area contributed by atoms with Crippen molar-refractivity contribution in [1.82, 2.24) is 14.9 Å². The summed E-state index contributed by atoms with van der Waals surface area (Å²) in [6.45, 7) is 5.70. The summed E-state index contributed by atoms with van der Waals surface area (Å²) in [5, 5.41) is 13.5. The molecule has 1 aliphatic heterocycles. The van der Waals surface area contributed by atoms with Crippen LogP contribution in [0.3, 0.4) is 0 Å². The minimum atomic E-state index is -0.581. The van der Waals surface area contributed by atoms with E-state index in [1.165, 1.54) is 0 Å². The van der Waals surface area contributed by atoms with Crippen molar-refractivity contribution >= 4 is 0 Å². The molecule has 1 aromatic rings. The number of imidazole rings is 1. The Balaban J connectivity index is 1.67. The number of hydrogen-bond donors (Lipinski definition) is 2. The van der Waals surface area contributed by atoms with Crippen molar-refractivity contribution < 1.29 is 9.84 Å². The quantitative estimate of drug-likeness (QED) is 0.727. The van der Waals surface area contributed by atoms with E-state index in [0.29, 0.717) is 19.8 Å². The predicted octanol–water partition coefficient (Wildman–Crippen LogP) is 0.323. The lowest BCUT2D eigenvalue weighted by atomic mass is 9.94. The standard InChI is InChI=1S/C12H21N3O2/c1-11-14-5-7-15(11)6-4-13-10-12(16)2-8-17-9-3-12/h5,7,13,16H,2-4,6,8-10H2,1H3. The molecular weight excluding hydrogens is 218 g/mol. The van der Waals surface area contributed by atoms with Crippen LogP contribution in [-0.4, -0.2) is 46.6 Å². The molecule has 0 unspecified atom stereocenters. The molecule has 0 saturated carbocycles. The Kier molecular flexibility index (Phi) is 4.15. The van der Waals surface area contributed by atoms with Crippen molar-refractivity contribution in [1.29, 1.82) is 0 Å². The van der Waals surface area contributed by atoms with E-state index < -0.39 is 5.60 Å². The fourth-order valence-corrected chi connectivity index (χ4v) is 2.09. The van der Waals surface area contributed by atoms with Gasteiger partial charge < -0.3 is 19.7 Å². The Hall–Kier alpha value is -0.910. The maximum Gasteiger partial charge on any atom is 0.105 e. The summed E-state index contributed by atoms with van der Waals surface area (Å²) in [4.78, 5) is 4.17. The van der Waals surface area contributed by atoms with Crippen LogP contribution in [0, 0.1) is 6.92 Å². The molecule has 0 aromatic carbocycles. The zero-order chi connectivity index (χ0) is 12.1. The summed E-state index contributed by atoms with van der Waals surface area (Å²) in [6, 6.07) is 0. The average Bonchev–Trinajstić information content (AvgIpc) is 2.72. The van der Waals surface area contributed by atoms with Crippen molar-refractivity contribution in [2.75, 3.05) is 26.3 Å². The molecule has 0 bridgehead atoms. The van der Waals surface area contributed by atoms with E-state index in [-0.39, 0.29) is 0 Å². The van der Waals surface area contributed by atoms with E-state index in [4.69, 9.17) is 4.74 Å². The Morgan fingerprint density at radius 1 is 1.53 bits per heavy atom. The van der Waals surface area contributed by atoms with Gasteiger partial charge in [-0.1, -0.05) is 0 Å². The molecule has 2 N–H and O–H groups in total. The minimum Gasteiger partial charge on any atom is -0.388 e. The van der Waals surface area contributed by atoms with Gasteiger partial charge in [-0.05, 0) is 6.92 Å². The third-order valence-electron chi connectivity index (χ3n) is 3.33. The molecule has 96 valence electrons. The van der Waals surface area contributed by atoms with E-state index in [1.54, 1.807) is 6.20 Å². The number of nitrogens with one attached hydrogen (secondary N) is 1. The highest BCUT2D eigenvalue weighted by Gasteiger charge is 2.28. The normalized spacial score (nSPS) is 19.4. The Morgan fingerprint density at radius 2 is 2.29 bits per heavy atom. The highest BCUT2D eigenvalue weighted by molar-refractivity contribution is 4.89. The van der Waals surface area contributed by atoms with Gasteiger partial charge in [0.25, 0.3) is 0 Å². The van der Waals surface area contributed by atoms with Crippen LogP contribution in [0.4, 0.5) is 0 Å². The lowest BCUT2D eigenvalue weighted by Crippen LogP contribution is -2.45. The molecule has 5 heteroatoms. The molecule has 17 heavy (non-hydrogen) atoms. The number of ether oxygens (including phenoxy) is 1. The van der Waals surface area contributed by atoms with Gasteiger partial charge in [0.2, 0.25) is 0 Å². The second kappa shape index (κ2) is 5.62. The zero-order valence-corrected chi connectivity index (χ0v) is 10.4. The first-order valence-electron chi connectivity index (χ1n) is 6.18. The number of aryl methyl sites for hydroxylation is 1. The first-order valence-corrected chi connectivity index (χ1v) is 6.18. The molecule has 5 nitrogen and oxygen atoms in total. The van der Waals surface area contributed by atoms with Gasteiger partial charge in [-0.15, -0.1) is 0 Å². The number of aliphatic hydroxyl groups is 1. The van der Waals surface area contributed by atoms with Gasteiger partial charge in [0, 0.05) is 58.1 Å². The molecule has 1 aliphatic rings. The van der Waals surface area contributed by atoms with Crippen LogP contribution in [0.1, 0.15) is 18.7 Å². The van der Waals surface area contributed by atoms with Crippen LogP contribution in [0.25, 0.3) is 0 Å². The molecule has 1 saturated heterocycles. The SMILES string of the molecule is Cc1nccn1CCNCC1(O)CCOCC1. The van der Waals surface area contributed by atoms with Crippen LogP contribution in [0.5, 0.6) is 0 Å². The van der Waals surface area contributed by atoms with Gasteiger partial charge in [0.15, 0.2) is 0 Å². The maximum absolute atomic E-state index is 10.2. The van der Waals surface area contributed by atoms with Crippen LogP contribution in [-0.2, 0) is 11.3 Å². The van der Waals surface area contributed by atoms with Gasteiger partial charge in [-0.2, -0.15) is 0 Å². The molecule has 1 aromatic heterocycles. The topological polar surface area (TPSA) is 59.3 Å². The summed E-state index contributed by atoms with van der Waals surface area (Å²) < 4.78 is 7.34. The Labute approximate surface area is 102 Å². The van der Waals surface area contributed by atoms with E-state index in [1.807, 2.05) is 13.1 Å². The zero-order valence-electron chi connectivity index (χ0n) is 10.4. The molecule has 2 heterocycles. The maximum atomic E-state index is 10.2. The second-order valence-corrected chi connectivity index (χ2v) is 4.68. The summed E-state index contributed by atoms with van der Waals surface area (Å²) in [7, 11) is 0. The van der Waals surface area contributed by atoms with Gasteiger partial charge in [0.1, 0.15) is 5.82 Å². The third kappa shape index (κ3) is 3.52. The van der Waals surface area contributed by atoms with Crippen molar-refractivity contribution in [2.45, 2.75) is 31.9 Å². The van der Waals surface area contributed by atoms with Crippen molar-refractivity contribution in [3.8, 4) is 0 Å². The van der Waals surface area contributed by atoms with Crippen LogP contribution < -0.4 is 5.32 Å². The van der Waals surface area contributed by atoms with E-state index in [0.717, 1.165) is 31.8 Å². The van der Waals surface area contributed by atoms with Crippen molar-refractivity contribution in [3.63, 3.8) is 0 Å². The molecule has 0 radical (unpaired) electrons. The largest absolute Gasteiger partial charge is 0.388 e. The van der Waals surface area contributed by atoms with E-state index in [2.05, 4.69) is 14.9 Å². The highest BCUT2D eigenvalue weighted by Crippen LogP contribution is 2.18. The Bertz CT molecular complexity index is 345. The van der Waals surface area contributed by atoms with Crippen LogP contribution in [0.15, 0.2) is 12.4 Å². The average molecular weight is 239 g/mol. The summed E-state index contributed by atoms with van der Waals surface area (Å²) in [5.41, 5.74) is -0.581. The van der Waals surface area contributed by atoms with Crippen LogP contribution >= 0.6 is 0 Å². The first-order chi connectivity index (χ1) is 8.20. The predicted molar refractivity (Wildman–Crippen MR) is 64.8 cm³/mol. The molecule has 0 aliphatic carbocycles. The molecule has 2 rings (SSSR count). The molecule has 0 amide bonds. The number of rotatable bonds is 5. The fraction of sp³-hybridized carbons (Fsp3) is 0.750. The summed E-state index contributed by atoms with van der Waals surface area (Å²) in [6.07, 6.45) is 5.23. The highest BCUT2D eigenvalue weighted by atomic mass is 16.5. The van der Waals surface area contributed by atoms with Gasteiger partial charge in [-0.25, -0.2) is 4.98 Å². The summed E-state index contributed by atoms with van der Waals surface area (Å²) in [5.74, 6) is 1.02. The monoisotopic (exact) mass is 239 g/mol. The molecular formula is C12H21N3O2. The lowest BCUT2D eigenvalue weighted by Gasteiger charge is -2.32. The van der Waals surface area contributed by atoms with E-state index >= 15 is 0 Å². The Morgan fingerprint density at radius 3 is 2.94 bits per heavy atom. The van der Waals surface area contributed by atoms with Crippen LogP contribution in [0.2, 0.25) is 0 Å². The number of nitrogens with zero attached hydrogens (tertiary/aromatic N) is 2. The van der Waals surface area contributed by atoms with E-state index in [9.17, 15) is 5.11 Å². The third-order valence-corrected chi connectivity index (χ3v) is 3.33. The van der Waals surface area contributed by atoms with Crippen molar-refractivity contribution in [2.24, 2.45) is 0 Å². The number of aromatic nitrogens is 2. The van der Waals surface area contributed by atoms with Gasteiger partial charge in [-0.3, -0.25) is 0 Å². The van der Waals surface area contributed by atoms with Crippen molar-refractivity contribution in [3.05, 3.63) is 18.2 Å². The smallest absolute Gasteiger partial charge is 0.105 e. The van der Waals surface area contributed by atoms with Gasteiger partial charge in [0.05, 0.1) is 5.60 Å². The number of hydrogen-bond acceptors (Lipinski definition) is 4. The minimum absolute atomic E-state index is 0.581.